The number of hydroxylamine groups is 2. The average molecular weight is 250 g/mol. The van der Waals surface area contributed by atoms with Crippen molar-refractivity contribution < 1.29 is 14.7 Å². The van der Waals surface area contributed by atoms with E-state index in [1.807, 2.05) is 13.0 Å². The highest BCUT2D eigenvalue weighted by atomic mass is 16.7. The van der Waals surface area contributed by atoms with Crippen molar-refractivity contribution >= 4 is 6.03 Å². The summed E-state index contributed by atoms with van der Waals surface area (Å²) in [5.41, 5.74) is 1.85. The van der Waals surface area contributed by atoms with Crippen LogP contribution in [0.1, 0.15) is 6.92 Å². The first-order valence-corrected chi connectivity index (χ1v) is 5.92. The van der Waals surface area contributed by atoms with Gasteiger partial charge in [-0.25, -0.2) is 4.79 Å². The highest BCUT2D eigenvalue weighted by molar-refractivity contribution is 5.79. The third-order valence-corrected chi connectivity index (χ3v) is 3.23. The Labute approximate surface area is 107 Å². The molecule has 0 aromatic heterocycles. The molecule has 18 heavy (non-hydrogen) atoms. The second-order valence-corrected chi connectivity index (χ2v) is 4.51. The summed E-state index contributed by atoms with van der Waals surface area (Å²) in [6, 6.07) is -0.649. The fourth-order valence-electron chi connectivity index (χ4n) is 2.36. The standard InChI is InChI=1S/C13H18N2O3/c1-4-5-18-15-12-7-14(13(15)17)10(8-16)6-11(12)9(2)3/h4,6,10,12,16H,1-2,5,7-8H2,3H3/t10-,12-/m0/s1. The second kappa shape index (κ2) is 4.96. The number of carbonyl (C=O) groups excluding carboxylic acids is 1. The maximum atomic E-state index is 12.1. The maximum absolute atomic E-state index is 12.1. The summed E-state index contributed by atoms with van der Waals surface area (Å²) in [7, 11) is 0. The highest BCUT2D eigenvalue weighted by Gasteiger charge is 2.46. The molecule has 1 fully saturated rings. The summed E-state index contributed by atoms with van der Waals surface area (Å²) < 4.78 is 0. The Hall–Kier alpha value is -1.59. The molecule has 0 unspecified atom stereocenters. The lowest BCUT2D eigenvalue weighted by atomic mass is 9.95. The Bertz CT molecular complexity index is 416. The minimum atomic E-state index is -0.294. The number of amides is 2. The van der Waals surface area contributed by atoms with E-state index in [4.69, 9.17) is 4.84 Å². The van der Waals surface area contributed by atoms with E-state index in [2.05, 4.69) is 13.2 Å². The van der Waals surface area contributed by atoms with Gasteiger partial charge < -0.3 is 10.0 Å². The zero-order valence-corrected chi connectivity index (χ0v) is 10.5. The van der Waals surface area contributed by atoms with Crippen LogP contribution < -0.4 is 0 Å². The summed E-state index contributed by atoms with van der Waals surface area (Å²) >= 11 is 0. The predicted molar refractivity (Wildman–Crippen MR) is 67.6 cm³/mol. The third kappa shape index (κ3) is 1.95. The Kier molecular flexibility index (Phi) is 3.54. The van der Waals surface area contributed by atoms with Gasteiger partial charge in [-0.2, -0.15) is 5.06 Å². The predicted octanol–water partition coefficient (Wildman–Crippen LogP) is 1.09. The molecule has 0 aliphatic carbocycles. The average Bonchev–Trinajstić information content (AvgIpc) is 2.62. The van der Waals surface area contributed by atoms with Gasteiger partial charge in [0.05, 0.1) is 25.8 Å². The van der Waals surface area contributed by atoms with E-state index in [-0.39, 0.29) is 31.3 Å². The summed E-state index contributed by atoms with van der Waals surface area (Å²) in [6.45, 7) is 10.1. The molecular weight excluding hydrogens is 232 g/mol. The van der Waals surface area contributed by atoms with Crippen LogP contribution in [0.25, 0.3) is 0 Å². The first-order valence-electron chi connectivity index (χ1n) is 5.92. The van der Waals surface area contributed by atoms with Crippen LogP contribution in [0, 0.1) is 0 Å². The van der Waals surface area contributed by atoms with Crippen LogP contribution in [0.2, 0.25) is 0 Å². The van der Waals surface area contributed by atoms with Crippen LogP contribution in [0.15, 0.2) is 36.5 Å². The molecule has 2 rings (SSSR count). The Morgan fingerprint density at radius 1 is 1.72 bits per heavy atom. The number of rotatable bonds is 5. The van der Waals surface area contributed by atoms with Crippen molar-refractivity contribution in [2.45, 2.75) is 19.0 Å². The smallest absolute Gasteiger partial charge is 0.345 e. The van der Waals surface area contributed by atoms with Crippen LogP contribution in [0.4, 0.5) is 4.79 Å². The van der Waals surface area contributed by atoms with E-state index in [0.717, 1.165) is 11.1 Å². The van der Waals surface area contributed by atoms with Gasteiger partial charge in [-0.05, 0) is 12.5 Å². The van der Waals surface area contributed by atoms with Crippen LogP contribution in [0.5, 0.6) is 0 Å². The van der Waals surface area contributed by atoms with Crippen molar-refractivity contribution in [3.05, 3.63) is 36.5 Å². The van der Waals surface area contributed by atoms with E-state index in [1.54, 1.807) is 11.0 Å². The number of aliphatic hydroxyl groups excluding tert-OH is 1. The van der Waals surface area contributed by atoms with Gasteiger partial charge in [-0.15, -0.1) is 6.58 Å². The van der Waals surface area contributed by atoms with Crippen LogP contribution in [-0.2, 0) is 4.84 Å². The lowest BCUT2D eigenvalue weighted by molar-refractivity contribution is -0.109. The molecule has 0 saturated carbocycles. The lowest BCUT2D eigenvalue weighted by Crippen LogP contribution is -2.41. The zero-order chi connectivity index (χ0) is 13.3. The molecule has 2 aliphatic rings. The molecule has 2 heterocycles. The number of nitrogens with zero attached hydrogens (tertiary/aromatic N) is 2. The van der Waals surface area contributed by atoms with Gasteiger partial charge in [0.1, 0.15) is 6.04 Å². The van der Waals surface area contributed by atoms with E-state index >= 15 is 0 Å². The molecule has 1 saturated heterocycles. The van der Waals surface area contributed by atoms with Gasteiger partial charge in [-0.3, -0.25) is 4.84 Å². The molecule has 0 radical (unpaired) electrons. The number of aliphatic hydroxyl groups is 1. The van der Waals surface area contributed by atoms with Crippen molar-refractivity contribution in [1.29, 1.82) is 0 Å². The number of hydrogen-bond donors (Lipinski definition) is 1. The van der Waals surface area contributed by atoms with E-state index in [9.17, 15) is 9.90 Å². The number of urea groups is 1. The Morgan fingerprint density at radius 3 is 3.00 bits per heavy atom. The largest absolute Gasteiger partial charge is 0.394 e. The quantitative estimate of drug-likeness (QED) is 0.743. The molecule has 2 amide bonds. The van der Waals surface area contributed by atoms with Crippen molar-refractivity contribution in [2.75, 3.05) is 19.8 Å². The van der Waals surface area contributed by atoms with Gasteiger partial charge in [-0.1, -0.05) is 24.3 Å². The van der Waals surface area contributed by atoms with Crippen LogP contribution in [-0.4, -0.2) is 52.9 Å². The summed E-state index contributed by atoms with van der Waals surface area (Å²) in [4.78, 5) is 19.2. The van der Waals surface area contributed by atoms with E-state index in [0.29, 0.717) is 6.54 Å². The number of carbonyl (C=O) groups is 1. The zero-order valence-electron chi connectivity index (χ0n) is 10.5. The third-order valence-electron chi connectivity index (χ3n) is 3.23. The summed E-state index contributed by atoms with van der Waals surface area (Å²) in [5.74, 6) is 0. The number of hydrogen-bond acceptors (Lipinski definition) is 3. The van der Waals surface area contributed by atoms with Crippen molar-refractivity contribution in [3.63, 3.8) is 0 Å². The topological polar surface area (TPSA) is 53.0 Å². The molecule has 2 aliphatic heterocycles. The van der Waals surface area contributed by atoms with Crippen LogP contribution >= 0.6 is 0 Å². The molecule has 0 spiro atoms. The minimum Gasteiger partial charge on any atom is -0.394 e. The van der Waals surface area contributed by atoms with Crippen molar-refractivity contribution in [2.24, 2.45) is 0 Å². The van der Waals surface area contributed by atoms with Gasteiger partial charge in [0.2, 0.25) is 0 Å². The molecule has 2 atom stereocenters. The Balaban J connectivity index is 2.29. The molecule has 5 nitrogen and oxygen atoms in total. The molecule has 1 N–H and O–H groups in total. The Morgan fingerprint density at radius 2 is 2.44 bits per heavy atom. The fraction of sp³-hybridized carbons (Fsp3) is 0.462. The monoisotopic (exact) mass is 250 g/mol. The van der Waals surface area contributed by atoms with Gasteiger partial charge in [0, 0.05) is 0 Å². The fourth-order valence-corrected chi connectivity index (χ4v) is 2.36. The van der Waals surface area contributed by atoms with Crippen molar-refractivity contribution in [3.8, 4) is 0 Å². The first-order chi connectivity index (χ1) is 8.60. The van der Waals surface area contributed by atoms with Gasteiger partial charge in [0.15, 0.2) is 0 Å². The van der Waals surface area contributed by atoms with Crippen molar-refractivity contribution in [1.82, 2.24) is 9.96 Å². The molecule has 2 bridgehead atoms. The molecule has 98 valence electrons. The minimum absolute atomic E-state index is 0.0927. The normalized spacial score (nSPS) is 26.3. The molecule has 0 aromatic carbocycles. The highest BCUT2D eigenvalue weighted by Crippen LogP contribution is 2.32. The van der Waals surface area contributed by atoms with E-state index < -0.39 is 0 Å². The summed E-state index contributed by atoms with van der Waals surface area (Å²) in [5, 5.41) is 10.7. The number of fused-ring (bicyclic) bond motifs is 2. The first kappa shape index (κ1) is 12.9. The lowest BCUT2D eigenvalue weighted by Gasteiger charge is -2.28. The second-order valence-electron chi connectivity index (χ2n) is 4.51. The van der Waals surface area contributed by atoms with Gasteiger partial charge >= 0.3 is 6.03 Å². The molecule has 0 aromatic rings. The van der Waals surface area contributed by atoms with E-state index in [1.165, 1.54) is 5.06 Å². The summed E-state index contributed by atoms with van der Waals surface area (Å²) in [6.07, 6.45) is 3.49. The molecular formula is C13H18N2O3. The SMILES string of the molecule is C=CCON1C(=O)N2C[C@H]1C(C(=C)C)=C[C@H]2CO. The van der Waals surface area contributed by atoms with Crippen LogP contribution in [0.3, 0.4) is 0 Å². The maximum Gasteiger partial charge on any atom is 0.345 e. The van der Waals surface area contributed by atoms with Gasteiger partial charge in [0.25, 0.3) is 0 Å². The molecule has 5 heteroatoms.